The molecule has 1 N–H and O–H groups in total. The number of hydrogen-bond donors (Lipinski definition) is 1. The number of nitrogens with zero attached hydrogens (tertiary/aromatic N) is 1. The van der Waals surface area contributed by atoms with Crippen LogP contribution in [0.5, 0.6) is 5.75 Å². The van der Waals surface area contributed by atoms with E-state index in [4.69, 9.17) is 9.84 Å². The molecule has 0 bridgehead atoms. The number of ketones is 1. The van der Waals surface area contributed by atoms with Crippen molar-refractivity contribution >= 4 is 11.8 Å². The molecule has 0 radical (unpaired) electrons. The van der Waals surface area contributed by atoms with Crippen molar-refractivity contribution in [2.24, 2.45) is 7.05 Å². The Labute approximate surface area is 129 Å². The largest absolute Gasteiger partial charge is 0.491 e. The van der Waals surface area contributed by atoms with Gasteiger partial charge in [0.2, 0.25) is 5.78 Å². The first-order valence-electron chi connectivity index (χ1n) is 7.06. The molecule has 116 valence electrons. The number of carboxylic acid groups (broad SMARTS) is 1. The summed E-state index contributed by atoms with van der Waals surface area (Å²) in [4.78, 5) is 23.3. The standard InChI is InChI=1S/C17H19NO4/c1-11(2)22-14-7-4-12(5-8-14)17(21)15-9-6-13(18(15)3)10-16(19)20/h4-9,11H,10H2,1-3H3,(H,19,20). The van der Waals surface area contributed by atoms with E-state index >= 15 is 0 Å². The highest BCUT2D eigenvalue weighted by atomic mass is 16.5. The van der Waals surface area contributed by atoms with Gasteiger partial charge in [0.15, 0.2) is 0 Å². The number of benzene rings is 1. The molecule has 0 fully saturated rings. The lowest BCUT2D eigenvalue weighted by atomic mass is 10.1. The van der Waals surface area contributed by atoms with Crippen molar-refractivity contribution in [2.75, 3.05) is 0 Å². The van der Waals surface area contributed by atoms with Crippen molar-refractivity contribution in [3.05, 3.63) is 53.3 Å². The second kappa shape index (κ2) is 6.47. The molecule has 1 aromatic heterocycles. The van der Waals surface area contributed by atoms with Crippen LogP contribution in [-0.4, -0.2) is 27.5 Å². The van der Waals surface area contributed by atoms with E-state index in [-0.39, 0.29) is 18.3 Å². The fraction of sp³-hybridized carbons (Fsp3) is 0.294. The van der Waals surface area contributed by atoms with Crippen molar-refractivity contribution in [1.82, 2.24) is 4.57 Å². The van der Waals surface area contributed by atoms with Crippen molar-refractivity contribution in [3.63, 3.8) is 0 Å². The maximum Gasteiger partial charge on any atom is 0.309 e. The van der Waals surface area contributed by atoms with Crippen LogP contribution in [0.3, 0.4) is 0 Å². The van der Waals surface area contributed by atoms with Crippen LogP contribution in [0.2, 0.25) is 0 Å². The van der Waals surface area contributed by atoms with E-state index in [1.807, 2.05) is 13.8 Å². The minimum absolute atomic E-state index is 0.0769. The number of ether oxygens (including phenoxy) is 1. The van der Waals surface area contributed by atoms with E-state index in [1.165, 1.54) is 0 Å². The van der Waals surface area contributed by atoms with Crippen LogP contribution >= 0.6 is 0 Å². The van der Waals surface area contributed by atoms with Crippen LogP contribution in [0, 0.1) is 0 Å². The molecule has 1 aromatic carbocycles. The van der Waals surface area contributed by atoms with Gasteiger partial charge in [0.05, 0.1) is 18.2 Å². The van der Waals surface area contributed by atoms with Crippen molar-refractivity contribution in [3.8, 4) is 5.75 Å². The number of rotatable bonds is 6. The van der Waals surface area contributed by atoms with Crippen LogP contribution in [0.4, 0.5) is 0 Å². The Kier molecular flexibility index (Phi) is 4.65. The topological polar surface area (TPSA) is 68.5 Å². The zero-order valence-corrected chi connectivity index (χ0v) is 12.9. The molecule has 1 heterocycles. The summed E-state index contributed by atoms with van der Waals surface area (Å²) in [5, 5.41) is 8.85. The third-order valence-corrected chi connectivity index (χ3v) is 3.28. The van der Waals surface area contributed by atoms with Crippen molar-refractivity contribution < 1.29 is 19.4 Å². The van der Waals surface area contributed by atoms with Crippen molar-refractivity contribution in [1.29, 1.82) is 0 Å². The third-order valence-electron chi connectivity index (χ3n) is 3.28. The molecule has 5 nitrogen and oxygen atoms in total. The first-order valence-corrected chi connectivity index (χ1v) is 7.06. The molecule has 2 aromatic rings. The van der Waals surface area contributed by atoms with Crippen LogP contribution < -0.4 is 4.74 Å². The maximum atomic E-state index is 12.5. The van der Waals surface area contributed by atoms with Gasteiger partial charge in [0.25, 0.3) is 0 Å². The van der Waals surface area contributed by atoms with Crippen LogP contribution in [-0.2, 0) is 18.3 Å². The molecule has 0 amide bonds. The van der Waals surface area contributed by atoms with Crippen molar-refractivity contribution in [2.45, 2.75) is 26.4 Å². The summed E-state index contributed by atoms with van der Waals surface area (Å²) < 4.78 is 7.16. The van der Waals surface area contributed by atoms with E-state index < -0.39 is 5.97 Å². The van der Waals surface area contributed by atoms with Gasteiger partial charge in [-0.2, -0.15) is 0 Å². The molecule has 0 saturated heterocycles. The average molecular weight is 301 g/mol. The fourth-order valence-electron chi connectivity index (χ4n) is 2.22. The summed E-state index contributed by atoms with van der Waals surface area (Å²) in [5.74, 6) is -0.351. The smallest absolute Gasteiger partial charge is 0.309 e. The lowest BCUT2D eigenvalue weighted by Crippen LogP contribution is -2.11. The van der Waals surface area contributed by atoms with Gasteiger partial charge in [0, 0.05) is 18.3 Å². The van der Waals surface area contributed by atoms with Gasteiger partial charge in [-0.3, -0.25) is 9.59 Å². The Hall–Kier alpha value is -2.56. The van der Waals surface area contributed by atoms with E-state index in [2.05, 4.69) is 0 Å². The summed E-state index contributed by atoms with van der Waals surface area (Å²) in [6, 6.07) is 10.3. The first-order chi connectivity index (χ1) is 10.4. The van der Waals surface area contributed by atoms with Gasteiger partial charge in [-0.05, 0) is 50.2 Å². The summed E-state index contributed by atoms with van der Waals surface area (Å²) in [5.41, 5.74) is 1.60. The van der Waals surface area contributed by atoms with Gasteiger partial charge < -0.3 is 14.4 Å². The molecule has 22 heavy (non-hydrogen) atoms. The second-order valence-corrected chi connectivity index (χ2v) is 5.36. The fourth-order valence-corrected chi connectivity index (χ4v) is 2.22. The van der Waals surface area contributed by atoms with Crippen LogP contribution in [0.15, 0.2) is 36.4 Å². The second-order valence-electron chi connectivity index (χ2n) is 5.36. The summed E-state index contributed by atoms with van der Waals surface area (Å²) >= 11 is 0. The van der Waals surface area contributed by atoms with Crippen LogP contribution in [0.1, 0.15) is 35.6 Å². The Balaban J connectivity index is 2.21. The predicted octanol–water partition coefficient (Wildman–Crippen LogP) is 2.67. The van der Waals surface area contributed by atoms with Gasteiger partial charge in [0.1, 0.15) is 5.75 Å². The maximum absolute atomic E-state index is 12.5. The monoisotopic (exact) mass is 301 g/mol. The van der Waals surface area contributed by atoms with E-state index in [0.717, 1.165) is 0 Å². The van der Waals surface area contributed by atoms with Gasteiger partial charge in [-0.15, -0.1) is 0 Å². The number of carbonyl (C=O) groups is 2. The molecular weight excluding hydrogens is 282 g/mol. The highest BCUT2D eigenvalue weighted by Gasteiger charge is 2.16. The number of aromatic nitrogens is 1. The number of aliphatic carboxylic acids is 1. The molecule has 0 unspecified atom stereocenters. The molecule has 2 rings (SSSR count). The molecular formula is C17H19NO4. The lowest BCUT2D eigenvalue weighted by Gasteiger charge is -2.10. The Morgan fingerprint density at radius 3 is 2.32 bits per heavy atom. The van der Waals surface area contributed by atoms with E-state index in [1.54, 1.807) is 48.0 Å². The quantitative estimate of drug-likeness (QED) is 0.833. The predicted molar refractivity (Wildman–Crippen MR) is 82.4 cm³/mol. The molecule has 0 aliphatic rings. The highest BCUT2D eigenvalue weighted by molar-refractivity contribution is 6.08. The Bertz CT molecular complexity index is 683. The van der Waals surface area contributed by atoms with E-state index in [9.17, 15) is 9.59 Å². The zero-order valence-electron chi connectivity index (χ0n) is 12.9. The summed E-state index contributed by atoms with van der Waals surface area (Å²) in [7, 11) is 1.70. The normalized spacial score (nSPS) is 10.7. The van der Waals surface area contributed by atoms with Gasteiger partial charge >= 0.3 is 5.97 Å². The molecule has 5 heteroatoms. The number of carbonyl (C=O) groups excluding carboxylic acids is 1. The number of hydrogen-bond acceptors (Lipinski definition) is 3. The lowest BCUT2D eigenvalue weighted by molar-refractivity contribution is -0.136. The minimum atomic E-state index is -0.921. The molecule has 0 saturated carbocycles. The zero-order chi connectivity index (χ0) is 16.3. The molecule has 0 aliphatic carbocycles. The molecule has 0 spiro atoms. The van der Waals surface area contributed by atoms with Crippen LogP contribution in [0.25, 0.3) is 0 Å². The summed E-state index contributed by atoms with van der Waals surface area (Å²) in [6.45, 7) is 3.88. The number of carboxylic acids is 1. The Morgan fingerprint density at radius 2 is 1.77 bits per heavy atom. The third kappa shape index (κ3) is 3.55. The average Bonchev–Trinajstić information content (AvgIpc) is 2.79. The Morgan fingerprint density at radius 1 is 1.14 bits per heavy atom. The minimum Gasteiger partial charge on any atom is -0.491 e. The van der Waals surface area contributed by atoms with E-state index in [0.29, 0.717) is 22.7 Å². The SMILES string of the molecule is CC(C)Oc1ccc(C(=O)c2ccc(CC(=O)O)n2C)cc1. The summed E-state index contributed by atoms with van der Waals surface area (Å²) in [6.07, 6.45) is -0.0294. The molecule has 0 atom stereocenters. The van der Waals surface area contributed by atoms with Gasteiger partial charge in [-0.25, -0.2) is 0 Å². The molecule has 0 aliphatic heterocycles. The first kappa shape index (κ1) is 15.8. The highest BCUT2D eigenvalue weighted by Crippen LogP contribution is 2.18. The van der Waals surface area contributed by atoms with Gasteiger partial charge in [-0.1, -0.05) is 0 Å².